The van der Waals surface area contributed by atoms with Gasteiger partial charge in [0, 0.05) is 18.2 Å². The Labute approximate surface area is 149 Å². The van der Waals surface area contributed by atoms with Gasteiger partial charge >= 0.3 is 0 Å². The van der Waals surface area contributed by atoms with Crippen molar-refractivity contribution in [1.29, 1.82) is 0 Å². The topological polar surface area (TPSA) is 81.5 Å². The molecule has 2 aromatic carbocycles. The molecule has 0 aliphatic rings. The van der Waals surface area contributed by atoms with Crippen LogP contribution in [0.4, 0.5) is 15.8 Å². The molecule has 126 valence electrons. The maximum atomic E-state index is 13.6. The molecule has 0 saturated carbocycles. The molecule has 0 aromatic heterocycles. The number of benzene rings is 2. The zero-order chi connectivity index (χ0) is 17.9. The van der Waals surface area contributed by atoms with Crippen LogP contribution in [0.2, 0.25) is 5.02 Å². The second-order valence-corrected chi connectivity index (χ2v) is 5.83. The minimum absolute atomic E-state index is 0.0338. The first-order valence-electron chi connectivity index (χ1n) is 6.70. The number of hydrogen-bond acceptors (Lipinski definition) is 4. The Morgan fingerprint density at radius 3 is 2.75 bits per heavy atom. The molecule has 0 saturated heterocycles. The van der Waals surface area contributed by atoms with Gasteiger partial charge in [-0.15, -0.1) is 0 Å². The Kier molecular flexibility index (Phi) is 5.74. The molecule has 0 bridgehead atoms. The van der Waals surface area contributed by atoms with Crippen LogP contribution in [0.25, 0.3) is 0 Å². The van der Waals surface area contributed by atoms with Crippen LogP contribution in [0.5, 0.6) is 5.75 Å². The van der Waals surface area contributed by atoms with Crippen molar-refractivity contribution in [2.45, 2.75) is 6.92 Å². The van der Waals surface area contributed by atoms with Crippen LogP contribution < -0.4 is 10.1 Å². The number of carbonyl (C=O) groups is 1. The lowest BCUT2D eigenvalue weighted by molar-refractivity contribution is -0.384. The van der Waals surface area contributed by atoms with Gasteiger partial charge in [0.1, 0.15) is 5.82 Å². The Bertz CT molecular complexity index is 816. The van der Waals surface area contributed by atoms with Crippen molar-refractivity contribution >= 4 is 44.8 Å². The van der Waals surface area contributed by atoms with Gasteiger partial charge in [0.15, 0.2) is 5.75 Å². The van der Waals surface area contributed by atoms with E-state index in [1.807, 2.05) is 0 Å². The summed E-state index contributed by atoms with van der Waals surface area (Å²) < 4.78 is 19.3. The Balaban J connectivity index is 2.40. The fourth-order valence-electron chi connectivity index (χ4n) is 1.93. The average molecular weight is 418 g/mol. The highest BCUT2D eigenvalue weighted by atomic mass is 79.9. The summed E-state index contributed by atoms with van der Waals surface area (Å²) >= 11 is 9.09. The number of ether oxygens (including phenoxy) is 1. The van der Waals surface area contributed by atoms with Gasteiger partial charge in [0.2, 0.25) is 0 Å². The minimum Gasteiger partial charge on any atom is -0.491 e. The van der Waals surface area contributed by atoms with E-state index < -0.39 is 16.6 Å². The number of non-ortho nitro benzene ring substituents is 1. The molecular formula is C15H11BrClFN2O4. The van der Waals surface area contributed by atoms with E-state index in [0.29, 0.717) is 11.1 Å². The highest BCUT2D eigenvalue weighted by molar-refractivity contribution is 9.10. The van der Waals surface area contributed by atoms with Gasteiger partial charge < -0.3 is 10.1 Å². The molecule has 0 aliphatic carbocycles. The number of nitrogens with one attached hydrogen (secondary N) is 1. The summed E-state index contributed by atoms with van der Waals surface area (Å²) in [5.74, 6) is -1.07. The largest absolute Gasteiger partial charge is 0.491 e. The zero-order valence-electron chi connectivity index (χ0n) is 12.3. The number of halogens is 3. The lowest BCUT2D eigenvalue weighted by Gasteiger charge is -2.14. The molecule has 24 heavy (non-hydrogen) atoms. The van der Waals surface area contributed by atoms with Crippen molar-refractivity contribution in [3.05, 3.63) is 61.3 Å². The first-order valence-corrected chi connectivity index (χ1v) is 7.87. The predicted octanol–water partition coefficient (Wildman–Crippen LogP) is 4.80. The van der Waals surface area contributed by atoms with E-state index in [1.165, 1.54) is 18.2 Å². The van der Waals surface area contributed by atoms with Crippen LogP contribution in [0.15, 0.2) is 34.8 Å². The van der Waals surface area contributed by atoms with Crippen LogP contribution in [0.1, 0.15) is 17.3 Å². The first kappa shape index (κ1) is 18.2. The summed E-state index contributed by atoms with van der Waals surface area (Å²) in [6.07, 6.45) is 0. The lowest BCUT2D eigenvalue weighted by Crippen LogP contribution is -2.14. The number of nitro benzene ring substituents is 1. The lowest BCUT2D eigenvalue weighted by atomic mass is 10.1. The Morgan fingerprint density at radius 2 is 2.12 bits per heavy atom. The fraction of sp³-hybridized carbons (Fsp3) is 0.133. The van der Waals surface area contributed by atoms with Gasteiger partial charge in [-0.05, 0) is 35.0 Å². The first-order chi connectivity index (χ1) is 11.3. The van der Waals surface area contributed by atoms with Crippen LogP contribution in [-0.2, 0) is 0 Å². The highest BCUT2D eigenvalue weighted by Crippen LogP contribution is 2.35. The van der Waals surface area contributed by atoms with Crippen LogP contribution in [0.3, 0.4) is 0 Å². The van der Waals surface area contributed by atoms with Crippen molar-refractivity contribution in [2.75, 3.05) is 11.9 Å². The standard InChI is InChI=1S/C15H11BrClFN2O4/c1-2-24-14-11(16)5-8(18)6-13(14)19-15(21)10-7-9(20(22)23)3-4-12(10)17/h3-7H,2H2,1H3,(H,19,21). The monoisotopic (exact) mass is 416 g/mol. The third-order valence-electron chi connectivity index (χ3n) is 2.95. The van der Waals surface area contributed by atoms with Crippen LogP contribution in [-0.4, -0.2) is 17.4 Å². The average Bonchev–Trinajstić information content (AvgIpc) is 2.50. The Morgan fingerprint density at radius 1 is 1.42 bits per heavy atom. The fourth-order valence-corrected chi connectivity index (χ4v) is 2.68. The minimum atomic E-state index is -0.720. The van der Waals surface area contributed by atoms with Crippen molar-refractivity contribution in [3.63, 3.8) is 0 Å². The van der Waals surface area contributed by atoms with Gasteiger partial charge in [-0.3, -0.25) is 14.9 Å². The molecule has 9 heteroatoms. The number of amides is 1. The third-order valence-corrected chi connectivity index (χ3v) is 3.87. The molecule has 0 spiro atoms. The number of anilines is 1. The second kappa shape index (κ2) is 7.59. The molecule has 0 atom stereocenters. The number of nitro groups is 1. The summed E-state index contributed by atoms with van der Waals surface area (Å²) in [5, 5.41) is 13.3. The molecule has 6 nitrogen and oxygen atoms in total. The Hall–Kier alpha value is -2.19. The van der Waals surface area contributed by atoms with E-state index in [9.17, 15) is 19.3 Å². The number of nitrogens with zero attached hydrogens (tertiary/aromatic N) is 1. The highest BCUT2D eigenvalue weighted by Gasteiger charge is 2.19. The maximum Gasteiger partial charge on any atom is 0.270 e. The summed E-state index contributed by atoms with van der Waals surface area (Å²) in [5.41, 5.74) is -0.306. The summed E-state index contributed by atoms with van der Waals surface area (Å²) in [6, 6.07) is 5.76. The number of rotatable bonds is 5. The summed E-state index contributed by atoms with van der Waals surface area (Å²) in [7, 11) is 0. The van der Waals surface area contributed by atoms with Gasteiger partial charge in [0.05, 0.1) is 32.3 Å². The molecule has 0 heterocycles. The molecule has 1 N–H and O–H groups in total. The molecule has 0 aliphatic heterocycles. The SMILES string of the molecule is CCOc1c(Br)cc(F)cc1NC(=O)c1cc([N+](=O)[O-])ccc1Cl. The molecule has 0 unspecified atom stereocenters. The van der Waals surface area contributed by atoms with Crippen molar-refractivity contribution < 1.29 is 18.8 Å². The van der Waals surface area contributed by atoms with Gasteiger partial charge in [-0.25, -0.2) is 4.39 Å². The van der Waals surface area contributed by atoms with Gasteiger partial charge in [-0.2, -0.15) is 0 Å². The smallest absolute Gasteiger partial charge is 0.270 e. The number of carbonyl (C=O) groups excluding carboxylic acids is 1. The molecule has 1 amide bonds. The van der Waals surface area contributed by atoms with Gasteiger partial charge in [0.25, 0.3) is 11.6 Å². The van der Waals surface area contributed by atoms with Crippen molar-refractivity contribution in [2.24, 2.45) is 0 Å². The maximum absolute atomic E-state index is 13.6. The van der Waals surface area contributed by atoms with Gasteiger partial charge in [-0.1, -0.05) is 11.6 Å². The van der Waals surface area contributed by atoms with E-state index in [0.717, 1.165) is 12.1 Å². The zero-order valence-corrected chi connectivity index (χ0v) is 14.6. The second-order valence-electron chi connectivity index (χ2n) is 4.57. The molecular weight excluding hydrogens is 407 g/mol. The van der Waals surface area contributed by atoms with Crippen LogP contribution in [0, 0.1) is 15.9 Å². The molecule has 0 radical (unpaired) electrons. The molecule has 2 rings (SSSR count). The van der Waals surface area contributed by atoms with Crippen molar-refractivity contribution in [1.82, 2.24) is 0 Å². The van der Waals surface area contributed by atoms with E-state index in [4.69, 9.17) is 16.3 Å². The van der Waals surface area contributed by atoms with E-state index >= 15 is 0 Å². The summed E-state index contributed by atoms with van der Waals surface area (Å²) in [6.45, 7) is 2.03. The van der Waals surface area contributed by atoms with Crippen LogP contribution >= 0.6 is 27.5 Å². The number of hydrogen-bond donors (Lipinski definition) is 1. The van der Waals surface area contributed by atoms with E-state index in [-0.39, 0.29) is 27.7 Å². The normalized spacial score (nSPS) is 10.3. The third kappa shape index (κ3) is 4.01. The van der Waals surface area contributed by atoms with E-state index in [1.54, 1.807) is 6.92 Å². The summed E-state index contributed by atoms with van der Waals surface area (Å²) in [4.78, 5) is 22.6. The predicted molar refractivity (Wildman–Crippen MR) is 91.3 cm³/mol. The van der Waals surface area contributed by atoms with Crippen molar-refractivity contribution in [3.8, 4) is 5.75 Å². The quantitative estimate of drug-likeness (QED) is 0.559. The van der Waals surface area contributed by atoms with E-state index in [2.05, 4.69) is 21.2 Å². The molecule has 2 aromatic rings. The molecule has 0 fully saturated rings.